The van der Waals surface area contributed by atoms with E-state index in [2.05, 4.69) is 20.5 Å². The lowest BCUT2D eigenvalue weighted by Gasteiger charge is -2.29. The molecule has 0 saturated carbocycles. The molecule has 168 valence electrons. The second kappa shape index (κ2) is 8.82. The third-order valence-electron chi connectivity index (χ3n) is 6.70. The van der Waals surface area contributed by atoms with E-state index in [1.807, 2.05) is 18.3 Å². The van der Waals surface area contributed by atoms with Gasteiger partial charge in [-0.1, -0.05) is 18.1 Å². The Morgan fingerprint density at radius 3 is 2.66 bits per heavy atom. The van der Waals surface area contributed by atoms with Crippen molar-refractivity contribution in [2.24, 2.45) is 0 Å². The first-order valence-corrected chi connectivity index (χ1v) is 11.5. The van der Waals surface area contributed by atoms with Crippen LogP contribution in [0.3, 0.4) is 0 Å². The molecule has 2 saturated heterocycles. The second-order valence-electron chi connectivity index (χ2n) is 8.90. The molecule has 9 heteroatoms. The third kappa shape index (κ3) is 4.17. The number of carbonyl (C=O) groups is 3. The Labute approximate surface area is 186 Å². The first-order chi connectivity index (χ1) is 15.6. The minimum Gasteiger partial charge on any atom is -0.322 e. The van der Waals surface area contributed by atoms with Gasteiger partial charge >= 0.3 is 0 Å². The van der Waals surface area contributed by atoms with Gasteiger partial charge in [-0.3, -0.25) is 19.7 Å². The van der Waals surface area contributed by atoms with Crippen LogP contribution >= 0.6 is 0 Å². The van der Waals surface area contributed by atoms with E-state index in [0.717, 1.165) is 43.0 Å². The number of benzene rings is 1. The quantitative estimate of drug-likeness (QED) is 0.712. The zero-order valence-corrected chi connectivity index (χ0v) is 18.1. The van der Waals surface area contributed by atoms with Gasteiger partial charge in [0.05, 0.1) is 17.6 Å². The second-order valence-corrected chi connectivity index (χ2v) is 8.90. The summed E-state index contributed by atoms with van der Waals surface area (Å²) in [6.07, 6.45) is 8.64. The standard InChI is InChI=1S/C23H28N6O3/c30-21-8-7-20(22(31)24-21)28-14-16-13-18(5-6-19(16)23(28)32)29-15-17(25-26-29)9-12-27-10-3-1-2-4-11-27/h5-6,13,15,20H,1-4,7-12,14H2,(H,24,30,31). The van der Waals surface area contributed by atoms with Crippen LogP contribution in [-0.4, -0.2) is 68.2 Å². The third-order valence-corrected chi connectivity index (χ3v) is 6.70. The number of piperidine rings is 1. The Bertz CT molecular complexity index is 1040. The van der Waals surface area contributed by atoms with E-state index in [4.69, 9.17) is 0 Å². The van der Waals surface area contributed by atoms with Gasteiger partial charge < -0.3 is 9.80 Å². The van der Waals surface area contributed by atoms with Crippen molar-refractivity contribution < 1.29 is 14.4 Å². The summed E-state index contributed by atoms with van der Waals surface area (Å²) in [7, 11) is 0. The zero-order valence-electron chi connectivity index (χ0n) is 18.1. The maximum Gasteiger partial charge on any atom is 0.255 e. The van der Waals surface area contributed by atoms with Crippen LogP contribution in [-0.2, 0) is 22.6 Å². The summed E-state index contributed by atoms with van der Waals surface area (Å²) in [5, 5.41) is 11.0. The molecule has 9 nitrogen and oxygen atoms in total. The molecule has 1 atom stereocenters. The van der Waals surface area contributed by atoms with E-state index in [0.29, 0.717) is 18.5 Å². The van der Waals surface area contributed by atoms with Crippen LogP contribution < -0.4 is 5.32 Å². The molecule has 0 bridgehead atoms. The summed E-state index contributed by atoms with van der Waals surface area (Å²) < 4.78 is 1.75. The van der Waals surface area contributed by atoms with E-state index in [1.54, 1.807) is 15.6 Å². The highest BCUT2D eigenvalue weighted by Crippen LogP contribution is 2.29. The number of nitrogens with zero attached hydrogens (tertiary/aromatic N) is 5. The molecular formula is C23H28N6O3. The van der Waals surface area contributed by atoms with Gasteiger partial charge in [0, 0.05) is 31.5 Å². The monoisotopic (exact) mass is 436 g/mol. The molecule has 1 aromatic carbocycles. The molecule has 1 aromatic heterocycles. The topological polar surface area (TPSA) is 100 Å². The van der Waals surface area contributed by atoms with Gasteiger partial charge in [0.2, 0.25) is 11.8 Å². The highest BCUT2D eigenvalue weighted by molar-refractivity contribution is 6.05. The van der Waals surface area contributed by atoms with Gasteiger partial charge in [0.25, 0.3) is 5.91 Å². The van der Waals surface area contributed by atoms with Crippen LogP contribution in [0.15, 0.2) is 24.4 Å². The van der Waals surface area contributed by atoms with Gasteiger partial charge in [-0.2, -0.15) is 0 Å². The Morgan fingerprint density at radius 2 is 1.88 bits per heavy atom. The molecule has 5 rings (SSSR count). The molecule has 2 aromatic rings. The Hall–Kier alpha value is -3.07. The molecule has 2 fully saturated rings. The van der Waals surface area contributed by atoms with Crippen LogP contribution in [0.1, 0.15) is 60.1 Å². The Kier molecular flexibility index (Phi) is 5.73. The van der Waals surface area contributed by atoms with Crippen LogP contribution in [0, 0.1) is 0 Å². The highest BCUT2D eigenvalue weighted by Gasteiger charge is 2.39. The number of aromatic nitrogens is 3. The number of fused-ring (bicyclic) bond motifs is 1. The summed E-state index contributed by atoms with van der Waals surface area (Å²) in [6, 6.07) is 4.98. The van der Waals surface area contributed by atoms with E-state index < -0.39 is 11.9 Å². The van der Waals surface area contributed by atoms with Crippen molar-refractivity contribution >= 4 is 17.7 Å². The Morgan fingerprint density at radius 1 is 1.06 bits per heavy atom. The average Bonchev–Trinajstić information content (AvgIpc) is 3.28. The van der Waals surface area contributed by atoms with Crippen molar-refractivity contribution in [3.05, 3.63) is 41.2 Å². The normalized spacial score (nSPS) is 22.1. The van der Waals surface area contributed by atoms with E-state index >= 15 is 0 Å². The molecule has 3 aliphatic rings. The SMILES string of the molecule is O=C1CCC(N2Cc3cc(-n4cc(CCN5CCCCCC5)nn4)ccc3C2=O)C(=O)N1. The van der Waals surface area contributed by atoms with Crippen LogP contribution in [0.4, 0.5) is 0 Å². The number of likely N-dealkylation sites (tertiary alicyclic amines) is 1. The highest BCUT2D eigenvalue weighted by atomic mass is 16.2. The lowest BCUT2D eigenvalue weighted by Crippen LogP contribution is -2.52. The first-order valence-electron chi connectivity index (χ1n) is 11.5. The number of imide groups is 1. The van der Waals surface area contributed by atoms with Crippen molar-refractivity contribution in [3.63, 3.8) is 0 Å². The number of nitrogens with one attached hydrogen (secondary N) is 1. The molecule has 0 spiro atoms. The molecule has 1 unspecified atom stereocenters. The van der Waals surface area contributed by atoms with Crippen LogP contribution in [0.5, 0.6) is 0 Å². The maximum absolute atomic E-state index is 12.9. The van der Waals surface area contributed by atoms with Crippen molar-refractivity contribution in [2.45, 2.75) is 57.5 Å². The molecule has 3 amide bonds. The van der Waals surface area contributed by atoms with E-state index in [-0.39, 0.29) is 18.2 Å². The van der Waals surface area contributed by atoms with Crippen molar-refractivity contribution in [2.75, 3.05) is 19.6 Å². The number of carbonyl (C=O) groups excluding carboxylic acids is 3. The molecule has 4 heterocycles. The van der Waals surface area contributed by atoms with Gasteiger partial charge in [-0.05, 0) is 56.1 Å². The minimum absolute atomic E-state index is 0.169. The van der Waals surface area contributed by atoms with Gasteiger partial charge in [-0.25, -0.2) is 4.68 Å². The zero-order chi connectivity index (χ0) is 22.1. The van der Waals surface area contributed by atoms with E-state index in [9.17, 15) is 14.4 Å². The van der Waals surface area contributed by atoms with Gasteiger partial charge in [-0.15, -0.1) is 5.10 Å². The summed E-state index contributed by atoms with van der Waals surface area (Å²) in [4.78, 5) is 40.6. The molecule has 0 aliphatic carbocycles. The molecule has 32 heavy (non-hydrogen) atoms. The summed E-state index contributed by atoms with van der Waals surface area (Å²) in [6.45, 7) is 3.68. The molecule has 1 N–H and O–H groups in total. The fraction of sp³-hybridized carbons (Fsp3) is 0.522. The summed E-state index contributed by atoms with van der Waals surface area (Å²) in [5.74, 6) is -0.846. The van der Waals surface area contributed by atoms with Crippen molar-refractivity contribution in [1.82, 2.24) is 30.1 Å². The number of amides is 3. The number of hydrogen-bond donors (Lipinski definition) is 1. The lowest BCUT2D eigenvalue weighted by atomic mass is 10.0. The minimum atomic E-state index is -0.604. The predicted molar refractivity (Wildman–Crippen MR) is 116 cm³/mol. The lowest BCUT2D eigenvalue weighted by molar-refractivity contribution is -0.136. The summed E-state index contributed by atoms with van der Waals surface area (Å²) >= 11 is 0. The van der Waals surface area contributed by atoms with Gasteiger partial charge in [0.15, 0.2) is 0 Å². The van der Waals surface area contributed by atoms with Crippen molar-refractivity contribution in [3.8, 4) is 5.69 Å². The summed E-state index contributed by atoms with van der Waals surface area (Å²) in [5.41, 5.74) is 3.25. The van der Waals surface area contributed by atoms with Crippen LogP contribution in [0.25, 0.3) is 5.69 Å². The Balaban J connectivity index is 1.26. The molecule has 3 aliphatic heterocycles. The largest absolute Gasteiger partial charge is 0.322 e. The fourth-order valence-electron chi connectivity index (χ4n) is 4.87. The van der Waals surface area contributed by atoms with E-state index in [1.165, 1.54) is 25.7 Å². The fourth-order valence-corrected chi connectivity index (χ4v) is 4.87. The van der Waals surface area contributed by atoms with Crippen LogP contribution in [0.2, 0.25) is 0 Å². The number of rotatable bonds is 5. The smallest absolute Gasteiger partial charge is 0.255 e. The van der Waals surface area contributed by atoms with Gasteiger partial charge in [0.1, 0.15) is 6.04 Å². The predicted octanol–water partition coefficient (Wildman–Crippen LogP) is 1.45. The number of hydrogen-bond acceptors (Lipinski definition) is 6. The maximum atomic E-state index is 12.9. The molecule has 0 radical (unpaired) electrons. The molecular weight excluding hydrogens is 408 g/mol. The first kappa shape index (κ1) is 20.8. The van der Waals surface area contributed by atoms with Crippen molar-refractivity contribution in [1.29, 1.82) is 0 Å². The average molecular weight is 437 g/mol.